The van der Waals surface area contributed by atoms with E-state index in [9.17, 15) is 5.11 Å². The van der Waals surface area contributed by atoms with Crippen molar-refractivity contribution in [2.75, 3.05) is 6.61 Å². The second-order valence-electron chi connectivity index (χ2n) is 7.15. The van der Waals surface area contributed by atoms with E-state index in [1.807, 2.05) is 12.1 Å². The van der Waals surface area contributed by atoms with Crippen LogP contribution in [0.3, 0.4) is 0 Å². The Morgan fingerprint density at radius 2 is 2.24 bits per heavy atom. The topological polar surface area (TPSA) is 29.5 Å². The molecule has 0 aromatic heterocycles. The first-order chi connectivity index (χ1) is 9.97. The van der Waals surface area contributed by atoms with E-state index in [1.165, 1.54) is 12.0 Å². The first kappa shape index (κ1) is 15.2. The van der Waals surface area contributed by atoms with Gasteiger partial charge in [-0.2, -0.15) is 0 Å². The lowest BCUT2D eigenvalue weighted by atomic mass is 9.71. The van der Waals surface area contributed by atoms with E-state index in [2.05, 4.69) is 13.8 Å². The van der Waals surface area contributed by atoms with Crippen LogP contribution in [0.15, 0.2) is 12.1 Å². The largest absolute Gasteiger partial charge is 0.493 e. The molecule has 2 unspecified atom stereocenters. The number of benzene rings is 1. The van der Waals surface area contributed by atoms with Crippen LogP contribution in [0.1, 0.15) is 50.7 Å². The molecule has 1 aromatic carbocycles. The third kappa shape index (κ3) is 3.22. The minimum Gasteiger partial charge on any atom is -0.493 e. The zero-order valence-corrected chi connectivity index (χ0v) is 13.7. The molecule has 1 fully saturated rings. The summed E-state index contributed by atoms with van der Waals surface area (Å²) in [5.74, 6) is 2.23. The van der Waals surface area contributed by atoms with Gasteiger partial charge in [-0.3, -0.25) is 0 Å². The van der Waals surface area contributed by atoms with E-state index in [4.69, 9.17) is 16.3 Å². The number of aliphatic hydroxyl groups is 1. The second kappa shape index (κ2) is 5.81. The lowest BCUT2D eigenvalue weighted by molar-refractivity contribution is -0.0243. The second-order valence-corrected chi connectivity index (χ2v) is 7.59. The van der Waals surface area contributed by atoms with Crippen LogP contribution >= 0.6 is 11.6 Å². The van der Waals surface area contributed by atoms with Crippen molar-refractivity contribution in [3.05, 3.63) is 28.3 Å². The van der Waals surface area contributed by atoms with Crippen molar-refractivity contribution < 1.29 is 9.84 Å². The van der Waals surface area contributed by atoms with Crippen LogP contribution in [-0.4, -0.2) is 17.3 Å². The minimum absolute atomic E-state index is 0.600. The average molecular weight is 309 g/mol. The quantitative estimate of drug-likeness (QED) is 0.897. The maximum absolute atomic E-state index is 11.1. The molecular formula is C18H25ClO2. The van der Waals surface area contributed by atoms with Crippen LogP contribution in [-0.2, 0) is 12.8 Å². The molecule has 0 spiro atoms. The van der Waals surface area contributed by atoms with Gasteiger partial charge in [-0.25, -0.2) is 0 Å². The standard InChI is InChI=1S/C18H25ClO2/c1-12(2)14-4-3-6-18(20,10-14)11-15-9-16(19)8-13-5-7-21-17(13)15/h8-9,12,14,20H,3-7,10-11H2,1-2H3. The van der Waals surface area contributed by atoms with Gasteiger partial charge in [-0.1, -0.05) is 31.9 Å². The van der Waals surface area contributed by atoms with Crippen LogP contribution in [0.2, 0.25) is 5.02 Å². The highest BCUT2D eigenvalue weighted by Gasteiger charge is 2.36. The molecule has 1 aliphatic carbocycles. The Hall–Kier alpha value is -0.730. The van der Waals surface area contributed by atoms with Crippen molar-refractivity contribution >= 4 is 11.6 Å². The molecule has 2 atom stereocenters. The van der Waals surface area contributed by atoms with E-state index >= 15 is 0 Å². The molecule has 0 radical (unpaired) electrons. The van der Waals surface area contributed by atoms with Crippen LogP contribution in [0, 0.1) is 11.8 Å². The van der Waals surface area contributed by atoms with Gasteiger partial charge in [-0.15, -0.1) is 0 Å². The van der Waals surface area contributed by atoms with Gasteiger partial charge in [0.15, 0.2) is 0 Å². The molecule has 0 bridgehead atoms. The fourth-order valence-electron chi connectivity index (χ4n) is 3.95. The maximum atomic E-state index is 11.1. The number of ether oxygens (including phenoxy) is 1. The number of hydrogen-bond donors (Lipinski definition) is 1. The summed E-state index contributed by atoms with van der Waals surface area (Å²) >= 11 is 6.23. The Bertz CT molecular complexity index is 526. The van der Waals surface area contributed by atoms with Gasteiger partial charge in [0.25, 0.3) is 0 Å². The fraction of sp³-hybridized carbons (Fsp3) is 0.667. The first-order valence-electron chi connectivity index (χ1n) is 8.13. The van der Waals surface area contributed by atoms with Gasteiger partial charge in [0, 0.05) is 17.9 Å². The molecule has 1 aromatic rings. The summed E-state index contributed by atoms with van der Waals surface area (Å²) < 4.78 is 5.78. The summed E-state index contributed by atoms with van der Waals surface area (Å²) in [5.41, 5.74) is 1.68. The van der Waals surface area contributed by atoms with E-state index in [0.29, 0.717) is 18.3 Å². The van der Waals surface area contributed by atoms with Gasteiger partial charge >= 0.3 is 0 Å². The SMILES string of the molecule is CC(C)C1CCCC(O)(Cc2cc(Cl)cc3c2OCC3)C1. The molecule has 1 saturated carbocycles. The number of fused-ring (bicyclic) bond motifs is 1. The van der Waals surface area contributed by atoms with Crippen molar-refractivity contribution in [1.82, 2.24) is 0 Å². The van der Waals surface area contributed by atoms with Crippen molar-refractivity contribution in [3.63, 3.8) is 0 Å². The predicted octanol–water partition coefficient (Wildman–Crippen LogP) is 4.39. The molecule has 0 amide bonds. The van der Waals surface area contributed by atoms with Crippen LogP contribution < -0.4 is 4.74 Å². The third-order valence-electron chi connectivity index (χ3n) is 5.15. The number of rotatable bonds is 3. The average Bonchev–Trinajstić information content (AvgIpc) is 2.86. The van der Waals surface area contributed by atoms with E-state index in [0.717, 1.165) is 48.6 Å². The fourth-order valence-corrected chi connectivity index (χ4v) is 4.21. The normalized spacial score (nSPS) is 28.5. The Labute approximate surface area is 132 Å². The molecule has 0 saturated heterocycles. The molecule has 1 N–H and O–H groups in total. The summed E-state index contributed by atoms with van der Waals surface area (Å²) in [6.07, 6.45) is 5.73. The summed E-state index contributed by atoms with van der Waals surface area (Å²) in [7, 11) is 0. The summed E-state index contributed by atoms with van der Waals surface area (Å²) in [5, 5.41) is 11.8. The molecule has 2 aliphatic rings. The summed E-state index contributed by atoms with van der Waals surface area (Å²) in [6.45, 7) is 5.25. The highest BCUT2D eigenvalue weighted by Crippen LogP contribution is 2.41. The maximum Gasteiger partial charge on any atom is 0.126 e. The lowest BCUT2D eigenvalue weighted by Gasteiger charge is -2.39. The van der Waals surface area contributed by atoms with Crippen LogP contribution in [0.4, 0.5) is 0 Å². The Morgan fingerprint density at radius 1 is 1.43 bits per heavy atom. The predicted molar refractivity (Wildman–Crippen MR) is 86.1 cm³/mol. The molecule has 21 heavy (non-hydrogen) atoms. The highest BCUT2D eigenvalue weighted by molar-refractivity contribution is 6.30. The van der Waals surface area contributed by atoms with Gasteiger partial charge in [-0.05, 0) is 54.4 Å². The zero-order chi connectivity index (χ0) is 15.0. The van der Waals surface area contributed by atoms with Crippen molar-refractivity contribution in [2.45, 2.75) is 58.0 Å². The van der Waals surface area contributed by atoms with Crippen molar-refractivity contribution in [1.29, 1.82) is 0 Å². The lowest BCUT2D eigenvalue weighted by Crippen LogP contribution is -2.38. The van der Waals surface area contributed by atoms with E-state index < -0.39 is 5.60 Å². The van der Waals surface area contributed by atoms with Crippen LogP contribution in [0.25, 0.3) is 0 Å². The van der Waals surface area contributed by atoms with Crippen molar-refractivity contribution in [2.24, 2.45) is 11.8 Å². The Balaban J connectivity index is 1.83. The van der Waals surface area contributed by atoms with E-state index in [-0.39, 0.29) is 0 Å². The highest BCUT2D eigenvalue weighted by atomic mass is 35.5. The van der Waals surface area contributed by atoms with Gasteiger partial charge < -0.3 is 9.84 Å². The number of halogens is 1. The van der Waals surface area contributed by atoms with Gasteiger partial charge in [0.05, 0.1) is 12.2 Å². The molecule has 1 heterocycles. The third-order valence-corrected chi connectivity index (χ3v) is 5.37. The molecule has 1 aliphatic heterocycles. The summed E-state index contributed by atoms with van der Waals surface area (Å²) in [4.78, 5) is 0. The van der Waals surface area contributed by atoms with E-state index in [1.54, 1.807) is 0 Å². The number of hydrogen-bond acceptors (Lipinski definition) is 2. The van der Waals surface area contributed by atoms with Crippen molar-refractivity contribution in [3.8, 4) is 5.75 Å². The summed E-state index contributed by atoms with van der Waals surface area (Å²) in [6, 6.07) is 3.97. The van der Waals surface area contributed by atoms with Gasteiger partial charge in [0.2, 0.25) is 0 Å². The molecule has 3 heteroatoms. The minimum atomic E-state index is -0.600. The smallest absolute Gasteiger partial charge is 0.126 e. The Morgan fingerprint density at radius 3 is 3.00 bits per heavy atom. The first-order valence-corrected chi connectivity index (χ1v) is 8.51. The zero-order valence-electron chi connectivity index (χ0n) is 13.0. The molecular weight excluding hydrogens is 284 g/mol. The molecule has 116 valence electrons. The van der Waals surface area contributed by atoms with Crippen LogP contribution in [0.5, 0.6) is 5.75 Å². The Kier molecular flexibility index (Phi) is 4.20. The molecule has 2 nitrogen and oxygen atoms in total. The monoisotopic (exact) mass is 308 g/mol. The van der Waals surface area contributed by atoms with Gasteiger partial charge in [0.1, 0.15) is 5.75 Å². The molecule has 3 rings (SSSR count).